The number of halogens is 1. The highest BCUT2D eigenvalue weighted by Gasteiger charge is 2.05. The highest BCUT2D eigenvalue weighted by atomic mass is 35.5. The van der Waals surface area contributed by atoms with Crippen LogP contribution in [0.15, 0.2) is 29.6 Å². The predicted octanol–water partition coefficient (Wildman–Crippen LogP) is 2.85. The molecule has 2 aromatic rings. The summed E-state index contributed by atoms with van der Waals surface area (Å²) < 4.78 is 5.64. The highest BCUT2D eigenvalue weighted by Crippen LogP contribution is 2.18. The summed E-state index contributed by atoms with van der Waals surface area (Å²) in [7, 11) is 0. The maximum atomic E-state index is 8.94. The molecule has 0 saturated carbocycles. The number of hydrogen-bond acceptors (Lipinski definition) is 5. The smallest absolute Gasteiger partial charge is 0.140 e. The van der Waals surface area contributed by atoms with Crippen molar-refractivity contribution in [2.24, 2.45) is 0 Å². The Morgan fingerprint density at radius 1 is 1.40 bits per heavy atom. The van der Waals surface area contributed by atoms with E-state index in [1.54, 1.807) is 23.5 Å². The largest absolute Gasteiger partial charge is 0.486 e. The Kier molecular flexibility index (Phi) is 5.79. The number of aliphatic hydroxyl groups is 1. The van der Waals surface area contributed by atoms with Gasteiger partial charge in [-0.1, -0.05) is 11.6 Å². The first kappa shape index (κ1) is 15.3. The van der Waals surface area contributed by atoms with E-state index in [2.05, 4.69) is 10.3 Å². The van der Waals surface area contributed by atoms with Crippen molar-refractivity contribution < 1.29 is 9.84 Å². The highest BCUT2D eigenvalue weighted by molar-refractivity contribution is 7.09. The summed E-state index contributed by atoms with van der Waals surface area (Å²) in [5.41, 5.74) is 0.963. The van der Waals surface area contributed by atoms with E-state index in [0.717, 1.165) is 16.5 Å². The van der Waals surface area contributed by atoms with Crippen molar-refractivity contribution in [1.82, 2.24) is 10.3 Å². The van der Waals surface area contributed by atoms with Crippen LogP contribution in [0.3, 0.4) is 0 Å². The van der Waals surface area contributed by atoms with Gasteiger partial charge in [0, 0.05) is 23.0 Å². The molecule has 2 rings (SSSR count). The second-order valence-electron chi connectivity index (χ2n) is 4.44. The quantitative estimate of drug-likeness (QED) is 0.825. The van der Waals surface area contributed by atoms with E-state index in [1.165, 1.54) is 0 Å². The Morgan fingerprint density at radius 2 is 2.15 bits per heavy atom. The molecule has 0 fully saturated rings. The second kappa shape index (κ2) is 7.59. The van der Waals surface area contributed by atoms with Crippen LogP contribution in [0.1, 0.15) is 17.6 Å². The van der Waals surface area contributed by atoms with Gasteiger partial charge in [-0.05, 0) is 31.2 Å². The van der Waals surface area contributed by atoms with Crippen LogP contribution >= 0.6 is 22.9 Å². The lowest BCUT2D eigenvalue weighted by molar-refractivity contribution is 0.250. The van der Waals surface area contributed by atoms with Crippen molar-refractivity contribution in [3.63, 3.8) is 0 Å². The minimum atomic E-state index is 0.0745. The van der Waals surface area contributed by atoms with Crippen LogP contribution < -0.4 is 10.1 Å². The van der Waals surface area contributed by atoms with Gasteiger partial charge in [-0.2, -0.15) is 0 Å². The molecule has 2 N–H and O–H groups in total. The average molecular weight is 313 g/mol. The molecule has 0 spiro atoms. The Morgan fingerprint density at radius 3 is 2.85 bits per heavy atom. The molecule has 1 atom stereocenters. The van der Waals surface area contributed by atoms with Gasteiger partial charge in [0.05, 0.1) is 12.3 Å². The van der Waals surface area contributed by atoms with Gasteiger partial charge in [-0.25, -0.2) is 4.98 Å². The fourth-order valence-corrected chi connectivity index (χ4v) is 2.35. The number of aromatic nitrogens is 1. The average Bonchev–Trinajstić information content (AvgIpc) is 2.92. The number of ether oxygens (including phenoxy) is 1. The lowest BCUT2D eigenvalue weighted by Gasteiger charge is -2.08. The van der Waals surface area contributed by atoms with Crippen LogP contribution in [0.5, 0.6) is 5.75 Å². The van der Waals surface area contributed by atoms with Crippen molar-refractivity contribution >= 4 is 22.9 Å². The standard InChI is InChI=1S/C14H17ClN2O2S/c1-10(7-18)16-6-12-9-20-14(17-12)8-19-13-4-2-11(15)3-5-13/h2-5,9-10,16,18H,6-8H2,1H3/t10-/m1/s1. The van der Waals surface area contributed by atoms with Gasteiger partial charge in [0.15, 0.2) is 0 Å². The Hall–Kier alpha value is -1.14. The van der Waals surface area contributed by atoms with Crippen LogP contribution in [-0.4, -0.2) is 22.7 Å². The third-order valence-corrected chi connectivity index (χ3v) is 3.80. The molecular formula is C14H17ClN2O2S. The van der Waals surface area contributed by atoms with Gasteiger partial charge in [-0.15, -0.1) is 11.3 Å². The summed E-state index contributed by atoms with van der Waals surface area (Å²) in [6, 6.07) is 7.34. The van der Waals surface area contributed by atoms with Crippen molar-refractivity contribution in [1.29, 1.82) is 0 Å². The number of thiazole rings is 1. The van der Waals surface area contributed by atoms with Crippen molar-refractivity contribution in [3.8, 4) is 5.75 Å². The molecule has 0 radical (unpaired) electrons. The monoisotopic (exact) mass is 312 g/mol. The summed E-state index contributed by atoms with van der Waals surface area (Å²) in [4.78, 5) is 4.47. The molecule has 1 aromatic heterocycles. The molecule has 1 heterocycles. The van der Waals surface area contributed by atoms with Crippen LogP contribution in [0.4, 0.5) is 0 Å². The molecule has 0 saturated heterocycles. The Balaban J connectivity index is 1.82. The summed E-state index contributed by atoms with van der Waals surface area (Å²) in [6.07, 6.45) is 0. The molecule has 0 unspecified atom stereocenters. The molecule has 4 nitrogen and oxygen atoms in total. The predicted molar refractivity (Wildman–Crippen MR) is 81.3 cm³/mol. The Bertz CT molecular complexity index is 530. The van der Waals surface area contributed by atoms with E-state index < -0.39 is 0 Å². The first-order valence-electron chi connectivity index (χ1n) is 6.33. The fraction of sp³-hybridized carbons (Fsp3) is 0.357. The van der Waals surface area contributed by atoms with Gasteiger partial charge in [0.2, 0.25) is 0 Å². The van der Waals surface area contributed by atoms with Gasteiger partial charge in [-0.3, -0.25) is 0 Å². The summed E-state index contributed by atoms with van der Waals surface area (Å²) in [6.45, 7) is 3.15. The first-order chi connectivity index (χ1) is 9.67. The summed E-state index contributed by atoms with van der Waals surface area (Å²) >= 11 is 7.38. The number of aliphatic hydroxyl groups excluding tert-OH is 1. The van der Waals surface area contributed by atoms with E-state index in [9.17, 15) is 0 Å². The Labute approximate surface area is 127 Å². The third kappa shape index (κ3) is 4.76. The minimum absolute atomic E-state index is 0.0745. The fourth-order valence-electron chi connectivity index (χ4n) is 1.52. The number of rotatable bonds is 7. The first-order valence-corrected chi connectivity index (χ1v) is 7.59. The zero-order valence-electron chi connectivity index (χ0n) is 11.2. The number of nitrogens with one attached hydrogen (secondary N) is 1. The molecule has 1 aromatic carbocycles. The van der Waals surface area contributed by atoms with Gasteiger partial charge in [0.1, 0.15) is 17.4 Å². The third-order valence-electron chi connectivity index (χ3n) is 2.68. The molecule has 108 valence electrons. The molecule has 0 aliphatic rings. The van der Waals surface area contributed by atoms with E-state index in [0.29, 0.717) is 18.2 Å². The molecule has 6 heteroatoms. The van der Waals surface area contributed by atoms with Crippen LogP contribution in [-0.2, 0) is 13.2 Å². The normalized spacial score (nSPS) is 12.3. The van der Waals surface area contributed by atoms with Crippen molar-refractivity contribution in [3.05, 3.63) is 45.4 Å². The molecule has 20 heavy (non-hydrogen) atoms. The number of benzene rings is 1. The lowest BCUT2D eigenvalue weighted by Crippen LogP contribution is -2.28. The van der Waals surface area contributed by atoms with Crippen LogP contribution in [0.2, 0.25) is 5.02 Å². The molecule has 0 aliphatic heterocycles. The summed E-state index contributed by atoms with van der Waals surface area (Å²) in [5.74, 6) is 0.776. The minimum Gasteiger partial charge on any atom is -0.486 e. The molecule has 0 aliphatic carbocycles. The molecular weight excluding hydrogens is 296 g/mol. The van der Waals surface area contributed by atoms with Crippen molar-refractivity contribution in [2.75, 3.05) is 6.61 Å². The maximum Gasteiger partial charge on any atom is 0.140 e. The van der Waals surface area contributed by atoms with E-state index >= 15 is 0 Å². The second-order valence-corrected chi connectivity index (χ2v) is 5.82. The number of nitrogens with zero attached hydrogens (tertiary/aromatic N) is 1. The van der Waals surface area contributed by atoms with E-state index in [-0.39, 0.29) is 12.6 Å². The van der Waals surface area contributed by atoms with Gasteiger partial charge >= 0.3 is 0 Å². The zero-order valence-corrected chi connectivity index (χ0v) is 12.7. The SMILES string of the molecule is C[C@H](CO)NCc1csc(COc2ccc(Cl)cc2)n1. The maximum absolute atomic E-state index is 8.94. The molecule has 0 bridgehead atoms. The van der Waals surface area contributed by atoms with E-state index in [1.807, 2.05) is 24.4 Å². The lowest BCUT2D eigenvalue weighted by atomic mass is 10.3. The molecule has 0 amide bonds. The number of hydrogen-bond donors (Lipinski definition) is 2. The van der Waals surface area contributed by atoms with Crippen molar-refractivity contribution in [2.45, 2.75) is 26.1 Å². The topological polar surface area (TPSA) is 54.4 Å². The zero-order chi connectivity index (χ0) is 14.4. The van der Waals surface area contributed by atoms with Crippen LogP contribution in [0.25, 0.3) is 0 Å². The van der Waals surface area contributed by atoms with Gasteiger partial charge < -0.3 is 15.2 Å². The summed E-state index contributed by atoms with van der Waals surface area (Å²) in [5, 5.41) is 15.7. The van der Waals surface area contributed by atoms with Gasteiger partial charge in [0.25, 0.3) is 0 Å². The van der Waals surface area contributed by atoms with E-state index in [4.69, 9.17) is 21.4 Å². The van der Waals surface area contributed by atoms with Crippen LogP contribution in [0, 0.1) is 0 Å².